The molecular formula is C15H28N2S. The first-order valence-electron chi connectivity index (χ1n) is 7.17. The van der Waals surface area contributed by atoms with Crippen LogP contribution in [0.2, 0.25) is 0 Å². The first-order valence-corrected chi connectivity index (χ1v) is 8.05. The lowest BCUT2D eigenvalue weighted by atomic mass is 10.1. The fourth-order valence-corrected chi connectivity index (χ4v) is 2.97. The maximum absolute atomic E-state index is 3.56. The lowest BCUT2D eigenvalue weighted by molar-refractivity contribution is 0.138. The Morgan fingerprint density at radius 1 is 1.33 bits per heavy atom. The van der Waals surface area contributed by atoms with Gasteiger partial charge in [-0.25, -0.2) is 0 Å². The van der Waals surface area contributed by atoms with Crippen molar-refractivity contribution in [2.45, 2.75) is 59.2 Å². The van der Waals surface area contributed by atoms with Gasteiger partial charge in [-0.1, -0.05) is 19.9 Å². The summed E-state index contributed by atoms with van der Waals surface area (Å²) in [6.07, 6.45) is 2.42. The second-order valence-electron chi connectivity index (χ2n) is 5.11. The zero-order valence-electron chi connectivity index (χ0n) is 12.3. The van der Waals surface area contributed by atoms with Crippen LogP contribution in [0.3, 0.4) is 0 Å². The van der Waals surface area contributed by atoms with Crippen molar-refractivity contribution in [2.24, 2.45) is 0 Å². The Labute approximate surface area is 116 Å². The van der Waals surface area contributed by atoms with Crippen LogP contribution in [0.15, 0.2) is 17.5 Å². The molecule has 18 heavy (non-hydrogen) atoms. The highest BCUT2D eigenvalue weighted by molar-refractivity contribution is 7.09. The van der Waals surface area contributed by atoms with Crippen LogP contribution in [-0.4, -0.2) is 30.1 Å². The van der Waals surface area contributed by atoms with Crippen LogP contribution in [0.5, 0.6) is 0 Å². The van der Waals surface area contributed by atoms with Crippen LogP contribution in [0, 0.1) is 0 Å². The topological polar surface area (TPSA) is 15.3 Å². The Kier molecular flexibility index (Phi) is 7.56. The third-order valence-electron chi connectivity index (χ3n) is 3.33. The number of hydrogen-bond acceptors (Lipinski definition) is 3. The predicted octanol–water partition coefficient (Wildman–Crippen LogP) is 3.74. The molecule has 0 aromatic carbocycles. The minimum absolute atomic E-state index is 0.598. The molecule has 2 nitrogen and oxygen atoms in total. The van der Waals surface area contributed by atoms with E-state index >= 15 is 0 Å². The summed E-state index contributed by atoms with van der Waals surface area (Å²) in [7, 11) is 0. The van der Waals surface area contributed by atoms with Crippen LogP contribution in [0.25, 0.3) is 0 Å². The molecule has 0 fully saturated rings. The normalized spacial score (nSPS) is 13.4. The summed E-state index contributed by atoms with van der Waals surface area (Å²) in [4.78, 5) is 4.09. The van der Waals surface area contributed by atoms with Crippen LogP contribution < -0.4 is 5.32 Å². The van der Waals surface area contributed by atoms with E-state index in [0.717, 1.165) is 19.6 Å². The van der Waals surface area contributed by atoms with Gasteiger partial charge in [0, 0.05) is 30.1 Å². The van der Waals surface area contributed by atoms with Gasteiger partial charge in [-0.2, -0.15) is 0 Å². The van der Waals surface area contributed by atoms with Gasteiger partial charge in [0.1, 0.15) is 0 Å². The summed E-state index contributed by atoms with van der Waals surface area (Å²) in [6.45, 7) is 12.4. The van der Waals surface area contributed by atoms with E-state index in [1.165, 1.54) is 17.7 Å². The molecule has 0 aliphatic carbocycles. The average Bonchev–Trinajstić information content (AvgIpc) is 2.85. The molecule has 104 valence electrons. The SMILES string of the molecule is CCCNCC(CC)N(Cc1cccs1)C(C)C. The molecule has 1 heterocycles. The van der Waals surface area contributed by atoms with E-state index in [-0.39, 0.29) is 0 Å². The summed E-state index contributed by atoms with van der Waals surface area (Å²) in [5.41, 5.74) is 0. The zero-order valence-corrected chi connectivity index (χ0v) is 13.1. The first kappa shape index (κ1) is 15.7. The van der Waals surface area contributed by atoms with Gasteiger partial charge in [0.05, 0.1) is 0 Å². The lowest BCUT2D eigenvalue weighted by Crippen LogP contribution is -2.45. The Balaban J connectivity index is 2.57. The maximum atomic E-state index is 3.56. The van der Waals surface area contributed by atoms with Crippen LogP contribution in [0.4, 0.5) is 0 Å². The van der Waals surface area contributed by atoms with Crippen molar-refractivity contribution in [1.29, 1.82) is 0 Å². The highest BCUT2D eigenvalue weighted by atomic mass is 32.1. The number of rotatable bonds is 9. The molecule has 0 spiro atoms. The van der Waals surface area contributed by atoms with E-state index in [0.29, 0.717) is 12.1 Å². The minimum Gasteiger partial charge on any atom is -0.315 e. The van der Waals surface area contributed by atoms with Crippen molar-refractivity contribution in [3.05, 3.63) is 22.4 Å². The fourth-order valence-electron chi connectivity index (χ4n) is 2.26. The molecule has 1 aromatic rings. The number of nitrogens with one attached hydrogen (secondary N) is 1. The zero-order chi connectivity index (χ0) is 13.4. The Morgan fingerprint density at radius 2 is 2.11 bits per heavy atom. The molecule has 0 amide bonds. The molecule has 0 aliphatic heterocycles. The molecule has 1 unspecified atom stereocenters. The molecule has 0 aliphatic rings. The third-order valence-corrected chi connectivity index (χ3v) is 4.19. The third kappa shape index (κ3) is 5.09. The summed E-state index contributed by atoms with van der Waals surface area (Å²) in [5.74, 6) is 0. The summed E-state index contributed by atoms with van der Waals surface area (Å²) in [6, 6.07) is 5.63. The van der Waals surface area contributed by atoms with Crippen molar-refractivity contribution < 1.29 is 0 Å². The molecule has 0 saturated heterocycles. The molecule has 0 bridgehead atoms. The second kappa shape index (κ2) is 8.68. The van der Waals surface area contributed by atoms with Gasteiger partial charge in [0.25, 0.3) is 0 Å². The van der Waals surface area contributed by atoms with Gasteiger partial charge >= 0.3 is 0 Å². The van der Waals surface area contributed by atoms with Crippen molar-refractivity contribution in [3.63, 3.8) is 0 Å². The number of thiophene rings is 1. The largest absolute Gasteiger partial charge is 0.315 e. The maximum Gasteiger partial charge on any atom is 0.0334 e. The summed E-state index contributed by atoms with van der Waals surface area (Å²) in [5, 5.41) is 5.73. The van der Waals surface area contributed by atoms with E-state index in [1.54, 1.807) is 0 Å². The molecule has 0 saturated carbocycles. The predicted molar refractivity (Wildman–Crippen MR) is 82.2 cm³/mol. The molecule has 3 heteroatoms. The van der Waals surface area contributed by atoms with Gasteiger partial charge in [-0.15, -0.1) is 11.3 Å². The quantitative estimate of drug-likeness (QED) is 0.686. The molecule has 0 radical (unpaired) electrons. The van der Waals surface area contributed by atoms with Crippen molar-refractivity contribution in [2.75, 3.05) is 13.1 Å². The van der Waals surface area contributed by atoms with Crippen molar-refractivity contribution >= 4 is 11.3 Å². The summed E-state index contributed by atoms with van der Waals surface area (Å²) < 4.78 is 0. The molecule has 1 aromatic heterocycles. The monoisotopic (exact) mass is 268 g/mol. The van der Waals surface area contributed by atoms with E-state index in [2.05, 4.69) is 55.4 Å². The standard InChI is InChI=1S/C15H28N2S/c1-5-9-16-11-14(6-2)17(13(3)4)12-15-8-7-10-18-15/h7-8,10,13-14,16H,5-6,9,11-12H2,1-4H3. The highest BCUT2D eigenvalue weighted by Gasteiger charge is 2.19. The highest BCUT2D eigenvalue weighted by Crippen LogP contribution is 2.17. The average molecular weight is 268 g/mol. The Morgan fingerprint density at radius 3 is 2.61 bits per heavy atom. The number of hydrogen-bond donors (Lipinski definition) is 1. The minimum atomic E-state index is 0.598. The van der Waals surface area contributed by atoms with Crippen molar-refractivity contribution in [3.8, 4) is 0 Å². The van der Waals surface area contributed by atoms with Gasteiger partial charge < -0.3 is 5.32 Å². The molecular weight excluding hydrogens is 240 g/mol. The van der Waals surface area contributed by atoms with Gasteiger partial charge in [-0.3, -0.25) is 4.90 Å². The fraction of sp³-hybridized carbons (Fsp3) is 0.733. The van der Waals surface area contributed by atoms with Crippen LogP contribution in [-0.2, 0) is 6.54 Å². The Bertz CT molecular complexity index is 295. The smallest absolute Gasteiger partial charge is 0.0334 e. The summed E-state index contributed by atoms with van der Waals surface area (Å²) >= 11 is 1.86. The first-order chi connectivity index (χ1) is 8.69. The number of nitrogens with zero attached hydrogens (tertiary/aromatic N) is 1. The van der Waals surface area contributed by atoms with Gasteiger partial charge in [-0.05, 0) is 44.7 Å². The van der Waals surface area contributed by atoms with E-state index in [9.17, 15) is 0 Å². The van der Waals surface area contributed by atoms with Gasteiger partial charge in [0.2, 0.25) is 0 Å². The second-order valence-corrected chi connectivity index (χ2v) is 6.14. The van der Waals surface area contributed by atoms with Crippen LogP contribution in [0.1, 0.15) is 45.4 Å². The molecule has 1 N–H and O–H groups in total. The van der Waals surface area contributed by atoms with Crippen molar-refractivity contribution in [1.82, 2.24) is 10.2 Å². The Hall–Kier alpha value is -0.380. The van der Waals surface area contributed by atoms with E-state index < -0.39 is 0 Å². The van der Waals surface area contributed by atoms with Crippen LogP contribution >= 0.6 is 11.3 Å². The van der Waals surface area contributed by atoms with E-state index in [1.807, 2.05) is 11.3 Å². The lowest BCUT2D eigenvalue weighted by Gasteiger charge is -2.34. The van der Waals surface area contributed by atoms with E-state index in [4.69, 9.17) is 0 Å². The molecule has 1 atom stereocenters. The van der Waals surface area contributed by atoms with Gasteiger partial charge in [0.15, 0.2) is 0 Å². The molecule has 1 rings (SSSR count).